The maximum atomic E-state index is 6.21. The van der Waals surface area contributed by atoms with Crippen LogP contribution in [-0.4, -0.2) is 0 Å². The van der Waals surface area contributed by atoms with Gasteiger partial charge in [-0.1, -0.05) is 65.1 Å². The van der Waals surface area contributed by atoms with Gasteiger partial charge in [0.2, 0.25) is 0 Å². The van der Waals surface area contributed by atoms with Gasteiger partial charge in [-0.25, -0.2) is 0 Å². The fourth-order valence-electron chi connectivity index (χ4n) is 1.51. The molecular formula is C13H9Cl3. The summed E-state index contributed by atoms with van der Waals surface area (Å²) in [7, 11) is 0. The van der Waals surface area contributed by atoms with Crippen molar-refractivity contribution in [3.8, 4) is 11.1 Å². The first-order valence-corrected chi connectivity index (χ1v) is 5.94. The summed E-state index contributed by atoms with van der Waals surface area (Å²) < 4.78 is 0. The first kappa shape index (κ1) is 11.8. The van der Waals surface area contributed by atoms with E-state index < -0.39 is 0 Å². The molecule has 82 valence electrons. The summed E-state index contributed by atoms with van der Waals surface area (Å²) in [6.45, 7) is 1.85. The second kappa shape index (κ2) is 4.67. The molecule has 0 aliphatic heterocycles. The third-order valence-electron chi connectivity index (χ3n) is 2.47. The molecule has 0 bridgehead atoms. The highest BCUT2D eigenvalue weighted by Crippen LogP contribution is 2.39. The fourth-order valence-corrected chi connectivity index (χ4v) is 2.27. The van der Waals surface area contributed by atoms with Crippen molar-refractivity contribution in [3.05, 3.63) is 57.0 Å². The molecule has 0 heterocycles. The van der Waals surface area contributed by atoms with Crippen LogP contribution in [-0.2, 0) is 0 Å². The highest BCUT2D eigenvalue weighted by molar-refractivity contribution is 6.45. The van der Waals surface area contributed by atoms with Gasteiger partial charge in [-0.15, -0.1) is 0 Å². The molecule has 16 heavy (non-hydrogen) atoms. The van der Waals surface area contributed by atoms with Crippen LogP contribution in [0.5, 0.6) is 0 Å². The maximum Gasteiger partial charge on any atom is 0.0674 e. The Hall–Kier alpha value is -0.690. The molecule has 0 radical (unpaired) electrons. The largest absolute Gasteiger partial charge is 0.0840 e. The summed E-state index contributed by atoms with van der Waals surface area (Å²) in [5.74, 6) is 0. The highest BCUT2D eigenvalue weighted by Gasteiger charge is 2.12. The molecule has 2 aromatic rings. The zero-order chi connectivity index (χ0) is 11.7. The van der Waals surface area contributed by atoms with Gasteiger partial charge in [0.15, 0.2) is 0 Å². The van der Waals surface area contributed by atoms with E-state index in [1.807, 2.05) is 43.3 Å². The summed E-state index contributed by atoms with van der Waals surface area (Å²) >= 11 is 18.4. The normalized spacial score (nSPS) is 10.5. The van der Waals surface area contributed by atoms with Gasteiger partial charge in [0.1, 0.15) is 0 Å². The van der Waals surface area contributed by atoms with Crippen molar-refractivity contribution in [2.24, 2.45) is 0 Å². The third kappa shape index (κ3) is 2.06. The second-order valence-corrected chi connectivity index (χ2v) is 4.69. The smallest absolute Gasteiger partial charge is 0.0674 e. The van der Waals surface area contributed by atoms with E-state index in [1.165, 1.54) is 0 Å². The maximum absolute atomic E-state index is 6.21. The van der Waals surface area contributed by atoms with Crippen LogP contribution in [0.4, 0.5) is 0 Å². The molecule has 2 rings (SSSR count). The molecule has 0 aliphatic rings. The van der Waals surface area contributed by atoms with E-state index in [9.17, 15) is 0 Å². The Balaban J connectivity index is 2.68. The SMILES string of the molecule is Cc1c(Cl)cc(-c2ccccc2)c(Cl)c1Cl. The highest BCUT2D eigenvalue weighted by atomic mass is 35.5. The molecule has 0 atom stereocenters. The standard InChI is InChI=1S/C13H9Cl3/c1-8-11(14)7-10(13(16)12(8)15)9-5-3-2-4-6-9/h2-7H,1H3. The van der Waals surface area contributed by atoms with E-state index in [-0.39, 0.29) is 0 Å². The summed E-state index contributed by atoms with van der Waals surface area (Å²) in [6, 6.07) is 11.7. The van der Waals surface area contributed by atoms with E-state index in [4.69, 9.17) is 34.8 Å². The number of benzene rings is 2. The predicted octanol–water partition coefficient (Wildman–Crippen LogP) is 5.62. The quantitative estimate of drug-likeness (QED) is 0.590. The minimum absolute atomic E-state index is 0.521. The Kier molecular flexibility index (Phi) is 3.44. The van der Waals surface area contributed by atoms with Gasteiger partial charge in [0, 0.05) is 10.6 Å². The molecule has 0 unspecified atom stereocenters. The predicted molar refractivity (Wildman–Crippen MR) is 71.6 cm³/mol. The molecule has 0 nitrogen and oxygen atoms in total. The minimum Gasteiger partial charge on any atom is -0.0840 e. The number of halogens is 3. The van der Waals surface area contributed by atoms with Crippen LogP contribution in [0.3, 0.4) is 0 Å². The van der Waals surface area contributed by atoms with Gasteiger partial charge in [0.25, 0.3) is 0 Å². The molecule has 0 aromatic heterocycles. The van der Waals surface area contributed by atoms with Crippen molar-refractivity contribution in [2.75, 3.05) is 0 Å². The summed E-state index contributed by atoms with van der Waals surface area (Å²) in [5.41, 5.74) is 2.69. The van der Waals surface area contributed by atoms with Gasteiger partial charge < -0.3 is 0 Å². The number of hydrogen-bond donors (Lipinski definition) is 0. The lowest BCUT2D eigenvalue weighted by Gasteiger charge is -2.10. The van der Waals surface area contributed by atoms with Crippen LogP contribution in [0, 0.1) is 6.92 Å². The van der Waals surface area contributed by atoms with Crippen LogP contribution >= 0.6 is 34.8 Å². The van der Waals surface area contributed by atoms with Crippen molar-refractivity contribution in [2.45, 2.75) is 6.92 Å². The molecule has 0 spiro atoms. The van der Waals surface area contributed by atoms with Crippen LogP contribution in [0.15, 0.2) is 36.4 Å². The summed E-state index contributed by atoms with van der Waals surface area (Å²) in [4.78, 5) is 0. The van der Waals surface area contributed by atoms with Crippen LogP contribution < -0.4 is 0 Å². The Morgan fingerprint density at radius 3 is 2.12 bits per heavy atom. The zero-order valence-corrected chi connectivity index (χ0v) is 10.9. The molecule has 0 saturated heterocycles. The first-order chi connectivity index (χ1) is 7.61. The third-order valence-corrected chi connectivity index (χ3v) is 3.83. The number of rotatable bonds is 1. The lowest BCUT2D eigenvalue weighted by molar-refractivity contribution is 1.46. The molecule has 0 aliphatic carbocycles. The van der Waals surface area contributed by atoms with Gasteiger partial charge in [0.05, 0.1) is 10.0 Å². The average Bonchev–Trinajstić information content (AvgIpc) is 2.32. The molecule has 2 aromatic carbocycles. The molecular weight excluding hydrogens is 263 g/mol. The molecule has 3 heteroatoms. The van der Waals surface area contributed by atoms with Crippen LogP contribution in [0.25, 0.3) is 11.1 Å². The van der Waals surface area contributed by atoms with E-state index in [0.717, 1.165) is 16.7 Å². The Morgan fingerprint density at radius 2 is 1.50 bits per heavy atom. The second-order valence-electron chi connectivity index (χ2n) is 3.52. The zero-order valence-electron chi connectivity index (χ0n) is 8.60. The molecule has 0 amide bonds. The van der Waals surface area contributed by atoms with Gasteiger partial charge in [-0.3, -0.25) is 0 Å². The number of hydrogen-bond acceptors (Lipinski definition) is 0. The topological polar surface area (TPSA) is 0 Å². The average molecular weight is 272 g/mol. The minimum atomic E-state index is 0.521. The van der Waals surface area contributed by atoms with E-state index in [2.05, 4.69) is 0 Å². The van der Waals surface area contributed by atoms with Crippen LogP contribution in [0.1, 0.15) is 5.56 Å². The van der Waals surface area contributed by atoms with E-state index >= 15 is 0 Å². The van der Waals surface area contributed by atoms with Gasteiger partial charge >= 0.3 is 0 Å². The first-order valence-electron chi connectivity index (χ1n) is 4.80. The summed E-state index contributed by atoms with van der Waals surface area (Å²) in [5, 5.41) is 1.70. The van der Waals surface area contributed by atoms with Crippen molar-refractivity contribution in [3.63, 3.8) is 0 Å². The van der Waals surface area contributed by atoms with Gasteiger partial charge in [-0.05, 0) is 24.1 Å². The van der Waals surface area contributed by atoms with Crippen LogP contribution in [0.2, 0.25) is 15.1 Å². The Labute approximate surface area is 110 Å². The molecule has 0 N–H and O–H groups in total. The van der Waals surface area contributed by atoms with Crippen molar-refractivity contribution in [1.82, 2.24) is 0 Å². The van der Waals surface area contributed by atoms with E-state index in [1.54, 1.807) is 0 Å². The monoisotopic (exact) mass is 270 g/mol. The fraction of sp³-hybridized carbons (Fsp3) is 0.0769. The lowest BCUT2D eigenvalue weighted by Crippen LogP contribution is -1.85. The Bertz CT molecular complexity index is 518. The van der Waals surface area contributed by atoms with Crippen molar-refractivity contribution < 1.29 is 0 Å². The molecule has 0 fully saturated rings. The van der Waals surface area contributed by atoms with Crippen molar-refractivity contribution in [1.29, 1.82) is 0 Å². The van der Waals surface area contributed by atoms with Crippen molar-refractivity contribution >= 4 is 34.8 Å². The molecule has 0 saturated carbocycles. The lowest BCUT2D eigenvalue weighted by atomic mass is 10.0. The van der Waals surface area contributed by atoms with Gasteiger partial charge in [-0.2, -0.15) is 0 Å². The Morgan fingerprint density at radius 1 is 0.875 bits per heavy atom. The van der Waals surface area contributed by atoms with E-state index in [0.29, 0.717) is 15.1 Å². The summed E-state index contributed by atoms with van der Waals surface area (Å²) in [6.07, 6.45) is 0.